The van der Waals surface area contributed by atoms with E-state index in [1.807, 2.05) is 0 Å². The van der Waals surface area contributed by atoms with Crippen molar-refractivity contribution >= 4 is 15.9 Å². The Morgan fingerprint density at radius 2 is 1.68 bits per heavy atom. The summed E-state index contributed by atoms with van der Waals surface area (Å²) in [5.74, 6) is 0.682. The van der Waals surface area contributed by atoms with E-state index in [0.29, 0.717) is 37.5 Å². The number of sulfonamides is 1. The van der Waals surface area contributed by atoms with Crippen LogP contribution in [0.4, 0.5) is 4.39 Å². The quantitative estimate of drug-likeness (QED) is 0.438. The van der Waals surface area contributed by atoms with Crippen molar-refractivity contribution < 1.29 is 27.8 Å². The zero-order valence-corrected chi connectivity index (χ0v) is 23.9. The molecule has 8 heteroatoms. The number of rotatable bonds is 7. The first-order chi connectivity index (χ1) is 17.3. The lowest BCUT2D eigenvalue weighted by molar-refractivity contribution is -0.222. The minimum atomic E-state index is -3.50. The van der Waals surface area contributed by atoms with Gasteiger partial charge in [0.1, 0.15) is 6.17 Å². The Kier molecular flexibility index (Phi) is 7.31. The minimum absolute atomic E-state index is 0.0584. The number of hydrogen-bond donors (Lipinski definition) is 3. The number of carbonyl (C=O) groups is 1. The van der Waals surface area contributed by atoms with Crippen LogP contribution in [0.3, 0.4) is 0 Å². The van der Waals surface area contributed by atoms with Gasteiger partial charge in [-0.2, -0.15) is 0 Å². The number of alkyl halides is 1. The van der Waals surface area contributed by atoms with Gasteiger partial charge in [-0.15, -0.1) is 0 Å². The lowest BCUT2D eigenvalue weighted by atomic mass is 9.41. The molecule has 5 saturated carbocycles. The molecule has 0 aliphatic heterocycles. The molecule has 6 nitrogen and oxygen atoms in total. The molecule has 0 aromatic rings. The van der Waals surface area contributed by atoms with Crippen LogP contribution in [-0.4, -0.2) is 48.2 Å². The molecule has 5 fully saturated rings. The van der Waals surface area contributed by atoms with Crippen LogP contribution in [0.15, 0.2) is 0 Å². The monoisotopic (exact) mass is 541 g/mol. The number of nitrogens with one attached hydrogen (secondary N) is 1. The van der Waals surface area contributed by atoms with E-state index in [1.165, 1.54) is 0 Å². The van der Waals surface area contributed by atoms with Crippen molar-refractivity contribution in [3.63, 3.8) is 0 Å². The fourth-order valence-electron chi connectivity index (χ4n) is 10.2. The maximum atomic E-state index is 15.5. The number of halogens is 1. The maximum absolute atomic E-state index is 15.5. The minimum Gasteiger partial charge on any atom is -0.393 e. The molecule has 0 spiro atoms. The molecular weight excluding hydrogens is 493 g/mol. The molecular formula is C29H48FNO5S. The summed E-state index contributed by atoms with van der Waals surface area (Å²) in [5, 5.41) is 21.8. The van der Waals surface area contributed by atoms with Crippen LogP contribution in [0.1, 0.15) is 98.3 Å². The summed E-state index contributed by atoms with van der Waals surface area (Å²) < 4.78 is 42.0. The summed E-state index contributed by atoms with van der Waals surface area (Å²) in [7, 11) is -3.50. The van der Waals surface area contributed by atoms with Crippen LogP contribution < -0.4 is 4.72 Å². The van der Waals surface area contributed by atoms with Gasteiger partial charge in [-0.05, 0) is 104 Å². The highest BCUT2D eigenvalue weighted by Crippen LogP contribution is 2.69. The van der Waals surface area contributed by atoms with Crippen LogP contribution in [0.5, 0.6) is 0 Å². The Bertz CT molecular complexity index is 987. The second-order valence-electron chi connectivity index (χ2n) is 13.9. The van der Waals surface area contributed by atoms with E-state index < -0.39 is 39.6 Å². The molecule has 0 radical (unpaired) electrons. The Morgan fingerprint density at radius 3 is 2.32 bits per heavy atom. The number of aliphatic hydroxyl groups is 2. The van der Waals surface area contributed by atoms with E-state index in [1.54, 1.807) is 0 Å². The van der Waals surface area contributed by atoms with E-state index in [4.69, 9.17) is 0 Å². The van der Waals surface area contributed by atoms with Crippen LogP contribution in [0, 0.1) is 52.3 Å². The second-order valence-corrected chi connectivity index (χ2v) is 15.9. The van der Waals surface area contributed by atoms with Crippen molar-refractivity contribution in [1.29, 1.82) is 0 Å². The Labute approximate surface area is 222 Å². The largest absolute Gasteiger partial charge is 0.393 e. The van der Waals surface area contributed by atoms with Crippen molar-refractivity contribution in [3.05, 3.63) is 0 Å². The zero-order valence-electron chi connectivity index (χ0n) is 23.0. The summed E-state index contributed by atoms with van der Waals surface area (Å²) in [6.07, 6.45) is 5.60. The third-order valence-corrected chi connectivity index (χ3v) is 14.1. The van der Waals surface area contributed by atoms with Gasteiger partial charge in [0.05, 0.1) is 17.5 Å². The molecule has 5 aliphatic carbocycles. The zero-order chi connectivity index (χ0) is 26.9. The van der Waals surface area contributed by atoms with Gasteiger partial charge in [0, 0.05) is 12.3 Å². The number of carbonyl (C=O) groups excluding carboxylic acids is 1. The van der Waals surface area contributed by atoms with Gasteiger partial charge in [-0.3, -0.25) is 9.52 Å². The Morgan fingerprint density at radius 1 is 1.03 bits per heavy atom. The van der Waals surface area contributed by atoms with Crippen molar-refractivity contribution in [2.45, 2.75) is 122 Å². The van der Waals surface area contributed by atoms with Crippen LogP contribution in [-0.2, 0) is 14.8 Å². The molecule has 1 amide bonds. The molecule has 1 unspecified atom stereocenters. The molecule has 0 aromatic heterocycles. The SMILES string of the molecule is CC[C@H]1[C@@H](O)[C@@H]2[C@H](CC[C@]3(C)[C@@H](C(C)CCC(=O)NS(=O)(=O)C4CC4)CC[C@@H]23)[C@@]2(C)CC[C@@H](O)[C@H](F)[C@@H]12. The summed E-state index contributed by atoms with van der Waals surface area (Å²) in [6.45, 7) is 8.88. The first-order valence-corrected chi connectivity index (χ1v) is 16.4. The first kappa shape index (κ1) is 27.8. The molecule has 0 bridgehead atoms. The van der Waals surface area contributed by atoms with Gasteiger partial charge in [0.15, 0.2) is 0 Å². The molecule has 0 heterocycles. The lowest BCUT2D eigenvalue weighted by Gasteiger charge is -2.65. The van der Waals surface area contributed by atoms with Crippen LogP contribution in [0.25, 0.3) is 0 Å². The molecule has 5 rings (SSSR count). The number of fused-ring (bicyclic) bond motifs is 5. The van der Waals surface area contributed by atoms with E-state index in [2.05, 4.69) is 32.4 Å². The lowest BCUT2D eigenvalue weighted by Crippen LogP contribution is -2.65. The summed E-state index contributed by atoms with van der Waals surface area (Å²) >= 11 is 0. The summed E-state index contributed by atoms with van der Waals surface area (Å²) in [6, 6.07) is 0. The van der Waals surface area contributed by atoms with Crippen molar-refractivity contribution in [2.24, 2.45) is 52.3 Å². The van der Waals surface area contributed by atoms with Gasteiger partial charge in [-0.25, -0.2) is 12.8 Å². The maximum Gasteiger partial charge on any atom is 0.237 e. The standard InChI is InChI=1S/C29H48FNO5S/c1-5-18-25-26(30)22(32)13-15-29(25,4)21-12-14-28(3)19(9-10-20(28)24(21)27(18)34)16(2)6-11-23(33)31-37(35,36)17-7-8-17/h16-22,24-27,32,34H,5-15H2,1-4H3,(H,31,33)/t16?,18-,19-,20+,21+,22-,24+,25-,26+,27-,28-,29-/m1/s1. The predicted octanol–water partition coefficient (Wildman–Crippen LogP) is 4.59. The van der Waals surface area contributed by atoms with E-state index in [-0.39, 0.29) is 46.8 Å². The highest BCUT2D eigenvalue weighted by Gasteiger charge is 2.66. The average molecular weight is 542 g/mol. The Balaban J connectivity index is 1.31. The second kappa shape index (κ2) is 9.72. The average Bonchev–Trinajstić information content (AvgIpc) is 3.64. The number of amides is 1. The molecule has 0 saturated heterocycles. The third-order valence-electron chi connectivity index (χ3n) is 12.2. The highest BCUT2D eigenvalue weighted by molar-refractivity contribution is 7.90. The van der Waals surface area contributed by atoms with Crippen molar-refractivity contribution in [3.8, 4) is 0 Å². The predicted molar refractivity (Wildman–Crippen MR) is 141 cm³/mol. The number of aliphatic hydroxyl groups excluding tert-OH is 2. The smallest absolute Gasteiger partial charge is 0.237 e. The van der Waals surface area contributed by atoms with E-state index in [9.17, 15) is 23.4 Å². The van der Waals surface area contributed by atoms with Crippen LogP contribution in [0.2, 0.25) is 0 Å². The van der Waals surface area contributed by atoms with Crippen LogP contribution >= 0.6 is 0 Å². The molecule has 5 aliphatic rings. The molecule has 37 heavy (non-hydrogen) atoms. The molecule has 12 atom stereocenters. The van der Waals surface area contributed by atoms with Crippen molar-refractivity contribution in [1.82, 2.24) is 4.72 Å². The van der Waals surface area contributed by atoms with Gasteiger partial charge in [0.25, 0.3) is 0 Å². The molecule has 3 N–H and O–H groups in total. The van der Waals surface area contributed by atoms with Gasteiger partial charge in [0.2, 0.25) is 15.9 Å². The van der Waals surface area contributed by atoms with Gasteiger partial charge < -0.3 is 10.2 Å². The van der Waals surface area contributed by atoms with Gasteiger partial charge in [-0.1, -0.05) is 34.1 Å². The van der Waals surface area contributed by atoms with E-state index in [0.717, 1.165) is 38.5 Å². The highest BCUT2D eigenvalue weighted by atomic mass is 32.2. The van der Waals surface area contributed by atoms with Crippen molar-refractivity contribution in [2.75, 3.05) is 0 Å². The Hall–Kier alpha value is -0.730. The molecule has 212 valence electrons. The van der Waals surface area contributed by atoms with Gasteiger partial charge >= 0.3 is 0 Å². The fraction of sp³-hybridized carbons (Fsp3) is 0.966. The summed E-state index contributed by atoms with van der Waals surface area (Å²) in [5.41, 5.74) is -0.137. The fourth-order valence-corrected chi connectivity index (χ4v) is 11.5. The summed E-state index contributed by atoms with van der Waals surface area (Å²) in [4.78, 5) is 12.4. The topological polar surface area (TPSA) is 104 Å². The number of hydrogen-bond acceptors (Lipinski definition) is 5. The molecule has 0 aromatic carbocycles. The van der Waals surface area contributed by atoms with E-state index >= 15 is 4.39 Å². The third kappa shape index (κ3) is 4.49. The normalized spacial score (nSPS) is 48.5. The first-order valence-electron chi connectivity index (χ1n) is 14.9.